The fourth-order valence-electron chi connectivity index (χ4n) is 5.63. The standard InChI is InChI=1S/C28H32N6O3/c1-3-19-4-8-22(9-5-19)37-27(2)17-33(18-27)21-10-12-28(13-11-21,14-15-29)34-16-23(24(30)35)25(32-34)31-26(36)20-6-7-20/h1,4-5,8-9,16,20-21H,6-7,10-14,17-18H2,2H3,(H2,30,35)(H,31,32,36). The van der Waals surface area contributed by atoms with Gasteiger partial charge in [0.25, 0.3) is 5.91 Å². The van der Waals surface area contributed by atoms with Crippen LogP contribution in [0.3, 0.4) is 0 Å². The second-order valence-electron chi connectivity index (χ2n) is 10.9. The number of hydrogen-bond acceptors (Lipinski definition) is 6. The second kappa shape index (κ2) is 9.57. The number of nitriles is 1. The Morgan fingerprint density at radius 1 is 1.22 bits per heavy atom. The van der Waals surface area contributed by atoms with Gasteiger partial charge in [-0.1, -0.05) is 5.92 Å². The van der Waals surface area contributed by atoms with Gasteiger partial charge >= 0.3 is 0 Å². The molecule has 3 aliphatic rings. The first-order valence-electron chi connectivity index (χ1n) is 12.8. The van der Waals surface area contributed by atoms with Crippen LogP contribution in [0.2, 0.25) is 0 Å². The molecule has 3 N–H and O–H groups in total. The molecule has 2 amide bonds. The first kappa shape index (κ1) is 24.9. The van der Waals surface area contributed by atoms with E-state index in [2.05, 4.69) is 34.2 Å². The zero-order chi connectivity index (χ0) is 26.2. The zero-order valence-corrected chi connectivity index (χ0v) is 21.1. The van der Waals surface area contributed by atoms with Gasteiger partial charge < -0.3 is 15.8 Å². The van der Waals surface area contributed by atoms with Crippen LogP contribution < -0.4 is 15.8 Å². The number of carbonyl (C=O) groups excluding carboxylic acids is 2. The minimum atomic E-state index is -0.646. The van der Waals surface area contributed by atoms with E-state index in [1.54, 1.807) is 10.9 Å². The van der Waals surface area contributed by atoms with Gasteiger partial charge in [0.15, 0.2) is 5.82 Å². The number of nitrogens with two attached hydrogens (primary N) is 1. The molecule has 2 saturated carbocycles. The molecule has 0 spiro atoms. The van der Waals surface area contributed by atoms with E-state index in [4.69, 9.17) is 16.9 Å². The zero-order valence-electron chi connectivity index (χ0n) is 21.1. The van der Waals surface area contributed by atoms with Crippen LogP contribution in [0.15, 0.2) is 30.5 Å². The Balaban J connectivity index is 1.23. The number of anilines is 1. The van der Waals surface area contributed by atoms with Crippen LogP contribution in [0.4, 0.5) is 5.82 Å². The average Bonchev–Trinajstić information content (AvgIpc) is 3.63. The molecule has 5 rings (SSSR count). The number of rotatable bonds is 8. The number of ether oxygens (including phenoxy) is 1. The van der Waals surface area contributed by atoms with Crippen molar-refractivity contribution in [3.63, 3.8) is 0 Å². The lowest BCUT2D eigenvalue weighted by Crippen LogP contribution is -2.66. The molecule has 0 bridgehead atoms. The highest BCUT2D eigenvalue weighted by atomic mass is 16.5. The molecule has 37 heavy (non-hydrogen) atoms. The largest absolute Gasteiger partial charge is 0.485 e. The molecule has 0 radical (unpaired) electrons. The monoisotopic (exact) mass is 500 g/mol. The summed E-state index contributed by atoms with van der Waals surface area (Å²) in [4.78, 5) is 26.8. The van der Waals surface area contributed by atoms with Crippen LogP contribution in [0.5, 0.6) is 5.75 Å². The number of hydrogen-bond donors (Lipinski definition) is 2. The van der Waals surface area contributed by atoms with E-state index >= 15 is 0 Å². The van der Waals surface area contributed by atoms with E-state index in [0.717, 1.165) is 62.9 Å². The number of terminal acetylenes is 1. The fraction of sp³-hybridized carbons (Fsp3) is 0.500. The van der Waals surface area contributed by atoms with Crippen LogP contribution in [0.1, 0.15) is 67.8 Å². The predicted octanol–water partition coefficient (Wildman–Crippen LogP) is 3.02. The molecule has 0 atom stereocenters. The summed E-state index contributed by atoms with van der Waals surface area (Å²) in [6.07, 6.45) is 12.3. The van der Waals surface area contributed by atoms with Gasteiger partial charge in [-0.15, -0.1) is 6.42 Å². The first-order chi connectivity index (χ1) is 17.7. The molecule has 192 valence electrons. The SMILES string of the molecule is C#Cc1ccc(OC2(C)CN(C3CCC(CC#N)(n4cc(C(N)=O)c(NC(=O)C5CC5)n4)CC3)C2)cc1. The number of nitrogens with one attached hydrogen (secondary N) is 1. The number of amides is 2. The van der Waals surface area contributed by atoms with Gasteiger partial charge in [-0.05, 0) is 69.7 Å². The average molecular weight is 501 g/mol. The normalized spacial score (nSPS) is 24.8. The molecule has 1 aromatic carbocycles. The van der Waals surface area contributed by atoms with Crippen molar-refractivity contribution in [3.8, 4) is 24.2 Å². The van der Waals surface area contributed by atoms with Gasteiger partial charge in [-0.25, -0.2) is 0 Å². The van der Waals surface area contributed by atoms with E-state index in [0.29, 0.717) is 6.04 Å². The maximum atomic E-state index is 12.3. The molecule has 1 aromatic heterocycles. The summed E-state index contributed by atoms with van der Waals surface area (Å²) in [6.45, 7) is 3.77. The third-order valence-electron chi connectivity index (χ3n) is 7.93. The van der Waals surface area contributed by atoms with E-state index in [1.165, 1.54) is 0 Å². The maximum Gasteiger partial charge on any atom is 0.254 e. The Morgan fingerprint density at radius 3 is 2.46 bits per heavy atom. The molecule has 2 heterocycles. The van der Waals surface area contributed by atoms with E-state index in [1.807, 2.05) is 24.3 Å². The van der Waals surface area contributed by atoms with Crippen LogP contribution in [0, 0.1) is 29.6 Å². The lowest BCUT2D eigenvalue weighted by molar-refractivity contribution is -0.117. The van der Waals surface area contributed by atoms with Crippen molar-refractivity contribution in [3.05, 3.63) is 41.6 Å². The second-order valence-corrected chi connectivity index (χ2v) is 10.9. The summed E-state index contributed by atoms with van der Waals surface area (Å²) in [5.41, 5.74) is 5.80. The minimum Gasteiger partial charge on any atom is -0.485 e. The highest BCUT2D eigenvalue weighted by Gasteiger charge is 2.47. The van der Waals surface area contributed by atoms with Crippen LogP contribution in [-0.2, 0) is 10.3 Å². The lowest BCUT2D eigenvalue weighted by atomic mass is 9.76. The van der Waals surface area contributed by atoms with Gasteiger partial charge in [0.2, 0.25) is 5.91 Å². The molecular formula is C28H32N6O3. The highest BCUT2D eigenvalue weighted by molar-refractivity contribution is 6.02. The van der Waals surface area contributed by atoms with Crippen molar-refractivity contribution in [1.82, 2.24) is 14.7 Å². The Hall–Kier alpha value is -3.82. The van der Waals surface area contributed by atoms with Gasteiger partial charge in [-0.2, -0.15) is 10.4 Å². The number of aromatic nitrogens is 2. The van der Waals surface area contributed by atoms with Crippen molar-refractivity contribution in [2.24, 2.45) is 11.7 Å². The Morgan fingerprint density at radius 2 is 1.89 bits per heavy atom. The molecule has 3 fully saturated rings. The summed E-state index contributed by atoms with van der Waals surface area (Å²) in [7, 11) is 0. The summed E-state index contributed by atoms with van der Waals surface area (Å²) in [6, 6.07) is 10.3. The van der Waals surface area contributed by atoms with Crippen LogP contribution in [-0.4, -0.2) is 51.2 Å². The molecule has 2 aliphatic carbocycles. The van der Waals surface area contributed by atoms with Gasteiger partial charge in [0.05, 0.1) is 18.0 Å². The number of benzene rings is 1. The van der Waals surface area contributed by atoms with Crippen molar-refractivity contribution < 1.29 is 14.3 Å². The van der Waals surface area contributed by atoms with Crippen molar-refractivity contribution in [1.29, 1.82) is 5.26 Å². The molecule has 9 nitrogen and oxygen atoms in total. The Labute approximate surface area is 216 Å². The van der Waals surface area contributed by atoms with Crippen molar-refractivity contribution in [2.75, 3.05) is 18.4 Å². The van der Waals surface area contributed by atoms with Gasteiger partial charge in [0, 0.05) is 36.8 Å². The number of likely N-dealkylation sites (tertiary alicyclic amines) is 1. The third kappa shape index (κ3) is 5.05. The summed E-state index contributed by atoms with van der Waals surface area (Å²) < 4.78 is 7.96. The molecule has 1 aliphatic heterocycles. The first-order valence-corrected chi connectivity index (χ1v) is 12.8. The Bertz CT molecular complexity index is 1270. The lowest BCUT2D eigenvalue weighted by Gasteiger charge is -2.53. The maximum absolute atomic E-state index is 12.3. The van der Waals surface area contributed by atoms with E-state index in [9.17, 15) is 14.9 Å². The molecule has 1 saturated heterocycles. The summed E-state index contributed by atoms with van der Waals surface area (Å²) in [5.74, 6) is 2.81. The Kier molecular flexibility index (Phi) is 6.43. The van der Waals surface area contributed by atoms with E-state index in [-0.39, 0.29) is 35.2 Å². The highest BCUT2D eigenvalue weighted by Crippen LogP contribution is 2.42. The van der Waals surface area contributed by atoms with Crippen molar-refractivity contribution in [2.45, 2.75) is 69.1 Å². The molecular weight excluding hydrogens is 468 g/mol. The minimum absolute atomic E-state index is 0.0251. The smallest absolute Gasteiger partial charge is 0.254 e. The topological polar surface area (TPSA) is 126 Å². The number of primary amides is 1. The quantitative estimate of drug-likeness (QED) is 0.537. The van der Waals surface area contributed by atoms with Crippen molar-refractivity contribution >= 4 is 17.6 Å². The van der Waals surface area contributed by atoms with Crippen LogP contribution in [0.25, 0.3) is 0 Å². The fourth-order valence-corrected chi connectivity index (χ4v) is 5.63. The number of carbonyl (C=O) groups is 2. The summed E-state index contributed by atoms with van der Waals surface area (Å²) in [5, 5.41) is 17.0. The van der Waals surface area contributed by atoms with E-state index < -0.39 is 11.4 Å². The number of nitrogens with zero attached hydrogens (tertiary/aromatic N) is 4. The molecule has 9 heteroatoms. The molecule has 2 aromatic rings. The predicted molar refractivity (Wildman–Crippen MR) is 138 cm³/mol. The van der Waals surface area contributed by atoms with Gasteiger partial charge in [-0.3, -0.25) is 19.2 Å². The van der Waals surface area contributed by atoms with Crippen LogP contribution >= 0.6 is 0 Å². The third-order valence-corrected chi connectivity index (χ3v) is 7.93. The molecule has 0 unspecified atom stereocenters. The van der Waals surface area contributed by atoms with Gasteiger partial charge in [0.1, 0.15) is 16.9 Å². The summed E-state index contributed by atoms with van der Waals surface area (Å²) >= 11 is 0.